The molecular formula is C17H19NO2S. The highest BCUT2D eigenvalue weighted by atomic mass is 32.1. The van der Waals surface area contributed by atoms with Crippen molar-refractivity contribution in [3.05, 3.63) is 59.7 Å². The topological polar surface area (TPSA) is 30.5 Å². The fourth-order valence-electron chi connectivity index (χ4n) is 2.13. The Labute approximate surface area is 130 Å². The van der Waals surface area contributed by atoms with Gasteiger partial charge in [0, 0.05) is 6.54 Å². The predicted molar refractivity (Wildman–Crippen MR) is 89.4 cm³/mol. The lowest BCUT2D eigenvalue weighted by molar-refractivity contribution is 0.354. The van der Waals surface area contributed by atoms with Crippen LogP contribution in [-0.4, -0.2) is 25.8 Å². The van der Waals surface area contributed by atoms with Crippen LogP contribution in [0, 0.1) is 0 Å². The lowest BCUT2D eigenvalue weighted by Gasteiger charge is -2.14. The summed E-state index contributed by atoms with van der Waals surface area (Å²) in [5.41, 5.74) is 2.13. The smallest absolute Gasteiger partial charge is 0.170 e. The minimum Gasteiger partial charge on any atom is -0.493 e. The number of hydrogen-bond acceptors (Lipinski definition) is 3. The lowest BCUT2D eigenvalue weighted by Crippen LogP contribution is -2.25. The molecule has 21 heavy (non-hydrogen) atoms. The number of ether oxygens (including phenoxy) is 2. The number of methoxy groups -OCH3 is 2. The van der Waals surface area contributed by atoms with Gasteiger partial charge in [0.05, 0.1) is 19.8 Å². The van der Waals surface area contributed by atoms with Crippen LogP contribution in [-0.2, 0) is 6.42 Å². The number of hydrogen-bond donors (Lipinski definition) is 1. The van der Waals surface area contributed by atoms with Crippen LogP contribution in [0.5, 0.6) is 11.5 Å². The summed E-state index contributed by atoms with van der Waals surface area (Å²) in [6, 6.07) is 16.0. The summed E-state index contributed by atoms with van der Waals surface area (Å²) in [6.07, 6.45) is 0.924. The quantitative estimate of drug-likeness (QED) is 0.830. The van der Waals surface area contributed by atoms with E-state index in [-0.39, 0.29) is 0 Å². The van der Waals surface area contributed by atoms with Gasteiger partial charge in [-0.05, 0) is 24.1 Å². The fraction of sp³-hybridized carbons (Fsp3) is 0.235. The average Bonchev–Trinajstić information content (AvgIpc) is 2.54. The summed E-state index contributed by atoms with van der Waals surface area (Å²) < 4.78 is 10.7. The Kier molecular flexibility index (Phi) is 5.58. The number of para-hydroxylation sites is 1. The highest BCUT2D eigenvalue weighted by molar-refractivity contribution is 7.80. The number of rotatable bonds is 6. The van der Waals surface area contributed by atoms with Crippen molar-refractivity contribution in [1.29, 1.82) is 0 Å². The number of nitrogens with one attached hydrogen (secondary N) is 1. The molecule has 110 valence electrons. The van der Waals surface area contributed by atoms with Crippen LogP contribution in [0.25, 0.3) is 0 Å². The average molecular weight is 301 g/mol. The van der Waals surface area contributed by atoms with Crippen molar-refractivity contribution in [2.24, 2.45) is 0 Å². The molecule has 0 spiro atoms. The van der Waals surface area contributed by atoms with Gasteiger partial charge < -0.3 is 14.8 Å². The molecule has 0 saturated heterocycles. The van der Waals surface area contributed by atoms with Crippen LogP contribution in [0.4, 0.5) is 0 Å². The minimum absolute atomic E-state index is 0.664. The molecule has 2 aromatic rings. The van der Waals surface area contributed by atoms with E-state index in [9.17, 15) is 0 Å². The van der Waals surface area contributed by atoms with Gasteiger partial charge in [-0.2, -0.15) is 0 Å². The minimum atomic E-state index is 0.664. The van der Waals surface area contributed by atoms with E-state index in [0.717, 1.165) is 18.5 Å². The third-order valence-corrected chi connectivity index (χ3v) is 3.55. The van der Waals surface area contributed by atoms with Crippen LogP contribution in [0.3, 0.4) is 0 Å². The van der Waals surface area contributed by atoms with Gasteiger partial charge in [-0.15, -0.1) is 0 Å². The molecule has 4 heteroatoms. The van der Waals surface area contributed by atoms with Gasteiger partial charge in [-0.1, -0.05) is 48.6 Å². The normalized spacial score (nSPS) is 10.0. The maximum atomic E-state index is 5.45. The molecule has 0 unspecified atom stereocenters. The van der Waals surface area contributed by atoms with Crippen molar-refractivity contribution in [1.82, 2.24) is 5.32 Å². The summed E-state index contributed by atoms with van der Waals surface area (Å²) in [5.74, 6) is 1.35. The Morgan fingerprint density at radius 3 is 2.43 bits per heavy atom. The SMILES string of the molecule is COc1cccc(C(=S)NCCc2ccccc2)c1OC. The molecule has 2 rings (SSSR count). The third kappa shape index (κ3) is 3.95. The van der Waals surface area contributed by atoms with Crippen LogP contribution in [0.15, 0.2) is 48.5 Å². The van der Waals surface area contributed by atoms with Crippen molar-refractivity contribution >= 4 is 17.2 Å². The first-order valence-corrected chi connectivity index (χ1v) is 7.20. The highest BCUT2D eigenvalue weighted by Crippen LogP contribution is 2.30. The second-order valence-electron chi connectivity index (χ2n) is 4.53. The van der Waals surface area contributed by atoms with Gasteiger partial charge in [-0.25, -0.2) is 0 Å². The molecule has 0 atom stereocenters. The van der Waals surface area contributed by atoms with Crippen molar-refractivity contribution in [2.75, 3.05) is 20.8 Å². The molecule has 0 bridgehead atoms. The van der Waals surface area contributed by atoms with Crippen LogP contribution in [0.1, 0.15) is 11.1 Å². The predicted octanol–water partition coefficient (Wildman–Crippen LogP) is 3.21. The molecule has 0 heterocycles. The van der Waals surface area contributed by atoms with E-state index in [1.807, 2.05) is 36.4 Å². The third-order valence-electron chi connectivity index (χ3n) is 3.19. The zero-order valence-corrected chi connectivity index (χ0v) is 13.1. The second kappa shape index (κ2) is 7.64. The fourth-order valence-corrected chi connectivity index (χ4v) is 2.39. The van der Waals surface area contributed by atoms with Gasteiger partial charge in [0.1, 0.15) is 4.99 Å². The molecule has 0 radical (unpaired) electrons. The summed E-state index contributed by atoms with van der Waals surface area (Å²) in [4.78, 5) is 0.668. The maximum Gasteiger partial charge on any atom is 0.170 e. The number of benzene rings is 2. The van der Waals surface area contributed by atoms with Gasteiger partial charge in [0.2, 0.25) is 0 Å². The maximum absolute atomic E-state index is 5.45. The van der Waals surface area contributed by atoms with E-state index < -0.39 is 0 Å². The molecule has 0 aliphatic rings. The van der Waals surface area contributed by atoms with E-state index in [1.54, 1.807) is 14.2 Å². The van der Waals surface area contributed by atoms with Gasteiger partial charge in [-0.3, -0.25) is 0 Å². The van der Waals surface area contributed by atoms with E-state index >= 15 is 0 Å². The van der Waals surface area contributed by atoms with Gasteiger partial charge in [0.25, 0.3) is 0 Å². The molecule has 3 nitrogen and oxygen atoms in total. The molecule has 0 saturated carbocycles. The van der Waals surface area contributed by atoms with Crippen LogP contribution >= 0.6 is 12.2 Å². The molecule has 0 aliphatic carbocycles. The zero-order valence-electron chi connectivity index (χ0n) is 12.3. The molecule has 1 N–H and O–H groups in total. The summed E-state index contributed by atoms with van der Waals surface area (Å²) in [6.45, 7) is 0.781. The summed E-state index contributed by atoms with van der Waals surface area (Å²) in [7, 11) is 3.24. The monoisotopic (exact) mass is 301 g/mol. The molecule has 0 amide bonds. The Hall–Kier alpha value is -2.07. The zero-order chi connectivity index (χ0) is 15.1. The Balaban J connectivity index is 2.00. The molecule has 0 aliphatic heterocycles. The Bertz CT molecular complexity index is 599. The first-order valence-electron chi connectivity index (χ1n) is 6.79. The van der Waals surface area contributed by atoms with Crippen molar-refractivity contribution in [3.8, 4) is 11.5 Å². The van der Waals surface area contributed by atoms with E-state index in [2.05, 4.69) is 17.4 Å². The molecule has 0 fully saturated rings. The Morgan fingerprint density at radius 2 is 1.76 bits per heavy atom. The van der Waals surface area contributed by atoms with Gasteiger partial charge >= 0.3 is 0 Å². The van der Waals surface area contributed by atoms with E-state index in [0.29, 0.717) is 16.5 Å². The van der Waals surface area contributed by atoms with Crippen molar-refractivity contribution in [2.45, 2.75) is 6.42 Å². The summed E-state index contributed by atoms with van der Waals surface area (Å²) in [5, 5.41) is 3.27. The molecule has 2 aromatic carbocycles. The Morgan fingerprint density at radius 1 is 1.00 bits per heavy atom. The molecule has 0 aromatic heterocycles. The first kappa shape index (κ1) is 15.3. The van der Waals surface area contributed by atoms with Crippen molar-refractivity contribution in [3.63, 3.8) is 0 Å². The summed E-state index contributed by atoms with van der Waals surface area (Å²) >= 11 is 5.45. The second-order valence-corrected chi connectivity index (χ2v) is 4.94. The van der Waals surface area contributed by atoms with Crippen LogP contribution in [0.2, 0.25) is 0 Å². The standard InChI is InChI=1S/C17H19NO2S/c1-19-15-10-6-9-14(16(15)20-2)17(21)18-12-11-13-7-4-3-5-8-13/h3-10H,11-12H2,1-2H3,(H,18,21). The largest absolute Gasteiger partial charge is 0.493 e. The first-order chi connectivity index (χ1) is 10.3. The van der Waals surface area contributed by atoms with E-state index in [4.69, 9.17) is 21.7 Å². The van der Waals surface area contributed by atoms with Crippen molar-refractivity contribution < 1.29 is 9.47 Å². The van der Waals surface area contributed by atoms with Gasteiger partial charge in [0.15, 0.2) is 11.5 Å². The van der Waals surface area contributed by atoms with E-state index in [1.165, 1.54) is 5.56 Å². The number of thiocarbonyl (C=S) groups is 1. The molecular weight excluding hydrogens is 282 g/mol. The highest BCUT2D eigenvalue weighted by Gasteiger charge is 2.12. The van der Waals surface area contributed by atoms with Crippen LogP contribution < -0.4 is 14.8 Å². The lowest BCUT2D eigenvalue weighted by atomic mass is 10.1.